The Morgan fingerprint density at radius 2 is 2.08 bits per heavy atom. The summed E-state index contributed by atoms with van der Waals surface area (Å²) in [5.74, 6) is 2.66. The van der Waals surface area contributed by atoms with E-state index in [0.717, 1.165) is 19.3 Å². The zero-order valence-corrected chi connectivity index (χ0v) is 8.94. The smallest absolute Gasteiger partial charge is 0.0619 e. The van der Waals surface area contributed by atoms with Gasteiger partial charge in [-0.3, -0.25) is 0 Å². The predicted molar refractivity (Wildman–Crippen MR) is 57.3 cm³/mol. The minimum absolute atomic E-state index is 0.637. The monoisotopic (exact) mass is 201 g/mol. The van der Waals surface area contributed by atoms with Crippen molar-refractivity contribution in [1.82, 2.24) is 5.32 Å². The lowest BCUT2D eigenvalue weighted by atomic mass is 10.1. The molecule has 2 fully saturated rings. The Kier molecular flexibility index (Phi) is 3.94. The minimum atomic E-state index is 0.637. The first kappa shape index (κ1) is 9.81. The van der Waals surface area contributed by atoms with Crippen LogP contribution >= 0.6 is 11.8 Å². The summed E-state index contributed by atoms with van der Waals surface area (Å²) in [4.78, 5) is 0. The number of nitrogens with one attached hydrogen (secondary N) is 1. The summed E-state index contributed by atoms with van der Waals surface area (Å²) in [6, 6.07) is 1.39. The molecule has 0 spiro atoms. The molecule has 0 radical (unpaired) electrons. The van der Waals surface area contributed by atoms with Crippen molar-refractivity contribution in [2.45, 2.75) is 37.8 Å². The molecule has 76 valence electrons. The first-order valence-electron chi connectivity index (χ1n) is 5.37. The van der Waals surface area contributed by atoms with Gasteiger partial charge in [0, 0.05) is 24.4 Å². The fraction of sp³-hybridized carbons (Fsp3) is 1.00. The second-order valence-electron chi connectivity index (χ2n) is 3.99. The van der Waals surface area contributed by atoms with Crippen LogP contribution in [0.2, 0.25) is 0 Å². The molecule has 0 aromatic heterocycles. The van der Waals surface area contributed by atoms with Crippen LogP contribution in [0.4, 0.5) is 0 Å². The molecule has 2 unspecified atom stereocenters. The quantitative estimate of drug-likeness (QED) is 0.734. The fourth-order valence-electron chi connectivity index (χ4n) is 2.08. The number of hydrogen-bond donors (Lipinski definition) is 1. The first-order chi connectivity index (χ1) is 6.45. The molecule has 2 aliphatic heterocycles. The highest BCUT2D eigenvalue weighted by Crippen LogP contribution is 2.18. The van der Waals surface area contributed by atoms with Crippen LogP contribution in [0, 0.1) is 0 Å². The Bertz CT molecular complexity index is 126. The Hall–Kier alpha value is 0.270. The van der Waals surface area contributed by atoms with Crippen molar-refractivity contribution < 1.29 is 4.74 Å². The van der Waals surface area contributed by atoms with Gasteiger partial charge in [-0.05, 0) is 31.4 Å². The van der Waals surface area contributed by atoms with Crippen LogP contribution in [-0.2, 0) is 4.74 Å². The Morgan fingerprint density at radius 1 is 1.15 bits per heavy atom. The molecule has 2 aliphatic rings. The highest BCUT2D eigenvalue weighted by atomic mass is 32.2. The average molecular weight is 201 g/mol. The van der Waals surface area contributed by atoms with E-state index in [9.17, 15) is 0 Å². The molecule has 2 atom stereocenters. The fourth-order valence-corrected chi connectivity index (χ4v) is 3.16. The number of ether oxygens (including phenoxy) is 1. The normalized spacial score (nSPS) is 36.0. The molecule has 0 amide bonds. The van der Waals surface area contributed by atoms with Crippen molar-refractivity contribution in [2.24, 2.45) is 0 Å². The van der Waals surface area contributed by atoms with Gasteiger partial charge in [-0.25, -0.2) is 0 Å². The Morgan fingerprint density at radius 3 is 2.77 bits per heavy atom. The third-order valence-corrected chi connectivity index (χ3v) is 4.01. The van der Waals surface area contributed by atoms with Gasteiger partial charge in [-0.1, -0.05) is 0 Å². The van der Waals surface area contributed by atoms with Crippen molar-refractivity contribution in [3.63, 3.8) is 0 Å². The van der Waals surface area contributed by atoms with Gasteiger partial charge in [0.1, 0.15) is 0 Å². The molecule has 2 heterocycles. The van der Waals surface area contributed by atoms with Crippen molar-refractivity contribution in [1.29, 1.82) is 0 Å². The molecule has 0 aromatic rings. The Balaban J connectivity index is 1.69. The van der Waals surface area contributed by atoms with Gasteiger partial charge >= 0.3 is 0 Å². The van der Waals surface area contributed by atoms with Gasteiger partial charge in [0.05, 0.1) is 6.61 Å². The predicted octanol–water partition coefficient (Wildman–Crippen LogP) is 1.65. The lowest BCUT2D eigenvalue weighted by Gasteiger charge is -2.30. The molecule has 0 bridgehead atoms. The van der Waals surface area contributed by atoms with Gasteiger partial charge in [-0.2, -0.15) is 11.8 Å². The van der Waals surface area contributed by atoms with Crippen LogP contribution in [-0.4, -0.2) is 36.8 Å². The molecule has 2 saturated heterocycles. The zero-order chi connectivity index (χ0) is 8.93. The van der Waals surface area contributed by atoms with Crippen LogP contribution in [0.3, 0.4) is 0 Å². The van der Waals surface area contributed by atoms with Crippen LogP contribution in [0.1, 0.15) is 25.7 Å². The molecule has 13 heavy (non-hydrogen) atoms. The molecule has 2 rings (SSSR count). The maximum Gasteiger partial charge on any atom is 0.0619 e. The lowest BCUT2D eigenvalue weighted by molar-refractivity contribution is 0.0668. The van der Waals surface area contributed by atoms with Gasteiger partial charge < -0.3 is 10.1 Å². The van der Waals surface area contributed by atoms with Crippen molar-refractivity contribution >= 4 is 11.8 Å². The van der Waals surface area contributed by atoms with E-state index in [1.54, 1.807) is 0 Å². The standard InChI is InChI=1S/C10H19NOS/c1-3-9(7-12-5-1)11-10-4-2-6-13-8-10/h9-11H,1-8H2. The summed E-state index contributed by atoms with van der Waals surface area (Å²) in [6.45, 7) is 1.90. The maximum absolute atomic E-state index is 5.45. The van der Waals surface area contributed by atoms with Crippen molar-refractivity contribution in [3.05, 3.63) is 0 Å². The average Bonchev–Trinajstić information content (AvgIpc) is 2.21. The third kappa shape index (κ3) is 3.15. The van der Waals surface area contributed by atoms with Gasteiger partial charge in [0.15, 0.2) is 0 Å². The third-order valence-electron chi connectivity index (χ3n) is 2.79. The van der Waals surface area contributed by atoms with E-state index in [1.165, 1.54) is 37.2 Å². The topological polar surface area (TPSA) is 21.3 Å². The van der Waals surface area contributed by atoms with Crippen LogP contribution in [0.25, 0.3) is 0 Å². The SMILES string of the molecule is C1COCC(NC2CCCSC2)C1. The van der Waals surface area contributed by atoms with Crippen LogP contribution in [0.15, 0.2) is 0 Å². The van der Waals surface area contributed by atoms with E-state index < -0.39 is 0 Å². The molecular formula is C10H19NOS. The van der Waals surface area contributed by atoms with Crippen molar-refractivity contribution in [2.75, 3.05) is 24.7 Å². The van der Waals surface area contributed by atoms with E-state index in [2.05, 4.69) is 17.1 Å². The summed E-state index contributed by atoms with van der Waals surface area (Å²) in [6.07, 6.45) is 5.29. The van der Waals surface area contributed by atoms with Crippen LogP contribution < -0.4 is 5.32 Å². The number of hydrogen-bond acceptors (Lipinski definition) is 3. The van der Waals surface area contributed by atoms with Crippen LogP contribution in [0.5, 0.6) is 0 Å². The maximum atomic E-state index is 5.45. The van der Waals surface area contributed by atoms with Gasteiger partial charge in [0.2, 0.25) is 0 Å². The molecule has 1 N–H and O–H groups in total. The molecule has 0 aromatic carbocycles. The lowest BCUT2D eigenvalue weighted by Crippen LogP contribution is -2.45. The highest BCUT2D eigenvalue weighted by molar-refractivity contribution is 7.99. The molecule has 2 nitrogen and oxygen atoms in total. The highest BCUT2D eigenvalue weighted by Gasteiger charge is 2.19. The Labute approximate surface area is 84.8 Å². The zero-order valence-electron chi connectivity index (χ0n) is 8.13. The summed E-state index contributed by atoms with van der Waals surface area (Å²) in [5.41, 5.74) is 0. The van der Waals surface area contributed by atoms with Gasteiger partial charge in [-0.15, -0.1) is 0 Å². The summed E-state index contributed by atoms with van der Waals surface area (Å²) >= 11 is 2.09. The molecule has 0 saturated carbocycles. The number of thioether (sulfide) groups is 1. The second-order valence-corrected chi connectivity index (χ2v) is 5.14. The molecule has 0 aliphatic carbocycles. The van der Waals surface area contributed by atoms with E-state index in [0.29, 0.717) is 6.04 Å². The van der Waals surface area contributed by atoms with Crippen molar-refractivity contribution in [3.8, 4) is 0 Å². The largest absolute Gasteiger partial charge is 0.380 e. The summed E-state index contributed by atoms with van der Waals surface area (Å²) in [7, 11) is 0. The minimum Gasteiger partial charge on any atom is -0.380 e. The first-order valence-corrected chi connectivity index (χ1v) is 6.52. The molecular weight excluding hydrogens is 182 g/mol. The van der Waals surface area contributed by atoms with E-state index in [1.807, 2.05) is 0 Å². The summed E-state index contributed by atoms with van der Waals surface area (Å²) < 4.78 is 5.45. The molecule has 3 heteroatoms. The number of rotatable bonds is 2. The second kappa shape index (κ2) is 5.23. The van der Waals surface area contributed by atoms with E-state index in [-0.39, 0.29) is 0 Å². The summed E-state index contributed by atoms with van der Waals surface area (Å²) in [5, 5.41) is 3.71. The van der Waals surface area contributed by atoms with Gasteiger partial charge in [0.25, 0.3) is 0 Å². The van der Waals surface area contributed by atoms with E-state index in [4.69, 9.17) is 4.74 Å². The van der Waals surface area contributed by atoms with E-state index >= 15 is 0 Å².